The summed E-state index contributed by atoms with van der Waals surface area (Å²) >= 11 is 0. The Morgan fingerprint density at radius 1 is 1.08 bits per heavy atom. The van der Waals surface area contributed by atoms with E-state index in [4.69, 9.17) is 0 Å². The summed E-state index contributed by atoms with van der Waals surface area (Å²) in [5, 5.41) is 0. The number of hydrogen-bond acceptors (Lipinski definition) is 1. The molecule has 0 bridgehead atoms. The summed E-state index contributed by atoms with van der Waals surface area (Å²) in [5.41, 5.74) is 3.06. The molecule has 0 aromatic heterocycles. The number of amides is 1. The molecule has 0 spiro atoms. The van der Waals surface area contributed by atoms with Crippen LogP contribution in [0.5, 0.6) is 0 Å². The van der Waals surface area contributed by atoms with Crippen molar-refractivity contribution in [1.82, 2.24) is 4.90 Å². The Balaban J connectivity index is 1.61. The number of nitrogens with zero attached hydrogens (tertiary/aromatic N) is 1. The predicted molar refractivity (Wildman–Crippen MR) is 89.5 cm³/mol. The van der Waals surface area contributed by atoms with Gasteiger partial charge >= 0.3 is 0 Å². The fraction of sp³-hybridized carbons (Fsp3) is 0.350. The van der Waals surface area contributed by atoms with Gasteiger partial charge in [-0.25, -0.2) is 8.78 Å². The summed E-state index contributed by atoms with van der Waals surface area (Å²) in [4.78, 5) is 14.2. The first-order chi connectivity index (χ1) is 11.5. The van der Waals surface area contributed by atoms with Gasteiger partial charge in [-0.3, -0.25) is 4.79 Å². The van der Waals surface area contributed by atoms with Crippen LogP contribution in [0.4, 0.5) is 8.78 Å². The van der Waals surface area contributed by atoms with Gasteiger partial charge in [0.1, 0.15) is 0 Å². The molecule has 2 aromatic rings. The topological polar surface area (TPSA) is 20.3 Å². The van der Waals surface area contributed by atoms with Gasteiger partial charge in [-0.1, -0.05) is 37.3 Å². The number of aryl methyl sites for hydroxylation is 1. The summed E-state index contributed by atoms with van der Waals surface area (Å²) in [5.74, 6) is -1.78. The molecule has 1 amide bonds. The molecule has 24 heavy (non-hydrogen) atoms. The van der Waals surface area contributed by atoms with E-state index in [0.29, 0.717) is 18.5 Å². The first-order valence-corrected chi connectivity index (χ1v) is 8.27. The van der Waals surface area contributed by atoms with Gasteiger partial charge in [0, 0.05) is 19.5 Å². The lowest BCUT2D eigenvalue weighted by atomic mass is 10.1. The van der Waals surface area contributed by atoms with Gasteiger partial charge < -0.3 is 4.90 Å². The van der Waals surface area contributed by atoms with E-state index in [2.05, 4.69) is 19.1 Å². The predicted octanol–water partition coefficient (Wildman–Crippen LogP) is 4.29. The van der Waals surface area contributed by atoms with E-state index >= 15 is 0 Å². The molecule has 0 aliphatic heterocycles. The van der Waals surface area contributed by atoms with Crippen LogP contribution in [0.2, 0.25) is 0 Å². The normalized spacial score (nSPS) is 19.2. The molecule has 1 fully saturated rings. The molecule has 0 radical (unpaired) electrons. The zero-order valence-electron chi connectivity index (χ0n) is 13.9. The van der Waals surface area contributed by atoms with Crippen molar-refractivity contribution in [2.75, 3.05) is 7.05 Å². The fourth-order valence-corrected chi connectivity index (χ4v) is 3.09. The highest BCUT2D eigenvalue weighted by Gasteiger charge is 2.45. The molecule has 1 aliphatic rings. The van der Waals surface area contributed by atoms with Gasteiger partial charge in [0.05, 0.1) is 0 Å². The third-order valence-corrected chi connectivity index (χ3v) is 4.71. The van der Waals surface area contributed by atoms with Crippen molar-refractivity contribution in [3.05, 3.63) is 70.8 Å². The molecule has 0 N–H and O–H groups in total. The highest BCUT2D eigenvalue weighted by atomic mass is 19.2. The van der Waals surface area contributed by atoms with Crippen LogP contribution in [-0.2, 0) is 17.8 Å². The standard InChI is InChI=1S/C20H21F2NO/c1-3-13-4-6-14(7-5-13)12-23(2)20(24)17-11-16(17)15-8-9-18(21)19(22)10-15/h4-10,16-17H,3,11-12H2,1-2H3. The molecule has 1 aliphatic carbocycles. The first-order valence-electron chi connectivity index (χ1n) is 8.27. The third-order valence-electron chi connectivity index (χ3n) is 4.71. The average molecular weight is 329 g/mol. The molecule has 2 aromatic carbocycles. The van der Waals surface area contributed by atoms with E-state index in [1.807, 2.05) is 12.1 Å². The van der Waals surface area contributed by atoms with Gasteiger partial charge in [0.25, 0.3) is 0 Å². The fourth-order valence-electron chi connectivity index (χ4n) is 3.09. The Kier molecular flexibility index (Phi) is 4.65. The maximum atomic E-state index is 13.3. The molecule has 2 atom stereocenters. The monoisotopic (exact) mass is 329 g/mol. The molecule has 4 heteroatoms. The smallest absolute Gasteiger partial charge is 0.226 e. The van der Waals surface area contributed by atoms with Crippen molar-refractivity contribution >= 4 is 5.91 Å². The zero-order chi connectivity index (χ0) is 17.3. The van der Waals surface area contributed by atoms with Crippen molar-refractivity contribution in [1.29, 1.82) is 0 Å². The second kappa shape index (κ2) is 6.71. The summed E-state index contributed by atoms with van der Waals surface area (Å²) < 4.78 is 26.3. The zero-order valence-corrected chi connectivity index (χ0v) is 13.9. The van der Waals surface area contributed by atoms with Crippen molar-refractivity contribution in [3.8, 4) is 0 Å². The van der Waals surface area contributed by atoms with Crippen LogP contribution in [-0.4, -0.2) is 17.9 Å². The maximum Gasteiger partial charge on any atom is 0.226 e. The van der Waals surface area contributed by atoms with E-state index < -0.39 is 11.6 Å². The Bertz CT molecular complexity index is 742. The highest BCUT2D eigenvalue weighted by molar-refractivity contribution is 5.82. The molecule has 2 unspecified atom stereocenters. The average Bonchev–Trinajstić information content (AvgIpc) is 3.38. The molecule has 0 heterocycles. The maximum absolute atomic E-state index is 13.3. The van der Waals surface area contributed by atoms with Crippen LogP contribution < -0.4 is 0 Å². The second-order valence-corrected chi connectivity index (χ2v) is 6.49. The number of hydrogen-bond donors (Lipinski definition) is 0. The minimum absolute atomic E-state index is 0.00230. The Morgan fingerprint density at radius 3 is 2.38 bits per heavy atom. The van der Waals surface area contributed by atoms with Crippen molar-refractivity contribution in [2.24, 2.45) is 5.92 Å². The van der Waals surface area contributed by atoms with E-state index in [0.717, 1.165) is 18.1 Å². The molecule has 126 valence electrons. The lowest BCUT2D eigenvalue weighted by molar-refractivity contribution is -0.131. The van der Waals surface area contributed by atoms with Gasteiger partial charge in [0.2, 0.25) is 5.91 Å². The number of halogens is 2. The minimum Gasteiger partial charge on any atom is -0.341 e. The quantitative estimate of drug-likeness (QED) is 0.801. The second-order valence-electron chi connectivity index (χ2n) is 6.49. The van der Waals surface area contributed by atoms with Gasteiger partial charge in [-0.15, -0.1) is 0 Å². The van der Waals surface area contributed by atoms with Gasteiger partial charge in [0.15, 0.2) is 11.6 Å². The van der Waals surface area contributed by atoms with Crippen molar-refractivity contribution in [2.45, 2.75) is 32.2 Å². The minimum atomic E-state index is -0.852. The number of carbonyl (C=O) groups is 1. The Morgan fingerprint density at radius 2 is 1.75 bits per heavy atom. The molecule has 0 saturated heterocycles. The van der Waals surface area contributed by atoms with E-state index in [-0.39, 0.29) is 17.7 Å². The Labute approximate surface area is 141 Å². The van der Waals surface area contributed by atoms with Gasteiger partial charge in [-0.2, -0.15) is 0 Å². The highest BCUT2D eigenvalue weighted by Crippen LogP contribution is 2.48. The van der Waals surface area contributed by atoms with Crippen LogP contribution in [0.15, 0.2) is 42.5 Å². The largest absolute Gasteiger partial charge is 0.341 e. The van der Waals surface area contributed by atoms with Crippen LogP contribution in [0.1, 0.15) is 36.0 Å². The van der Waals surface area contributed by atoms with E-state index in [9.17, 15) is 13.6 Å². The Hall–Kier alpha value is -2.23. The number of rotatable bonds is 5. The number of benzene rings is 2. The van der Waals surface area contributed by atoms with Crippen LogP contribution in [0.3, 0.4) is 0 Å². The van der Waals surface area contributed by atoms with Gasteiger partial charge in [-0.05, 0) is 47.6 Å². The molecule has 1 saturated carbocycles. The molecular formula is C20H21F2NO. The van der Waals surface area contributed by atoms with E-state index in [1.165, 1.54) is 11.6 Å². The summed E-state index contributed by atoms with van der Waals surface area (Å²) in [7, 11) is 1.79. The number of carbonyl (C=O) groups excluding carboxylic acids is 1. The first kappa shape index (κ1) is 16.6. The molecule has 3 rings (SSSR count). The summed E-state index contributed by atoms with van der Waals surface area (Å²) in [6.45, 7) is 2.67. The van der Waals surface area contributed by atoms with Crippen LogP contribution >= 0.6 is 0 Å². The summed E-state index contributed by atoms with van der Waals surface area (Å²) in [6.07, 6.45) is 1.69. The third kappa shape index (κ3) is 3.48. The molecule has 2 nitrogen and oxygen atoms in total. The van der Waals surface area contributed by atoms with Crippen molar-refractivity contribution < 1.29 is 13.6 Å². The lowest BCUT2D eigenvalue weighted by Gasteiger charge is -2.17. The van der Waals surface area contributed by atoms with Crippen molar-refractivity contribution in [3.63, 3.8) is 0 Å². The van der Waals surface area contributed by atoms with E-state index in [1.54, 1.807) is 18.0 Å². The van der Waals surface area contributed by atoms with Crippen LogP contribution in [0.25, 0.3) is 0 Å². The van der Waals surface area contributed by atoms with Crippen LogP contribution in [0, 0.1) is 17.6 Å². The summed E-state index contributed by atoms with van der Waals surface area (Å²) in [6, 6.07) is 12.1. The SMILES string of the molecule is CCc1ccc(CN(C)C(=O)C2CC2c2ccc(F)c(F)c2)cc1. The lowest BCUT2D eigenvalue weighted by Crippen LogP contribution is -2.28. The molecular weight excluding hydrogens is 308 g/mol.